The Kier molecular flexibility index (Phi) is 21.8. The van der Waals surface area contributed by atoms with Gasteiger partial charge in [-0.1, -0.05) is 36.1 Å². The van der Waals surface area contributed by atoms with Gasteiger partial charge in [0.1, 0.15) is 51.1 Å². The van der Waals surface area contributed by atoms with Crippen LogP contribution in [0.1, 0.15) is 0 Å². The summed E-state index contributed by atoms with van der Waals surface area (Å²) in [5.41, 5.74) is -4.62. The van der Waals surface area contributed by atoms with Gasteiger partial charge in [0, 0.05) is 16.2 Å². The second kappa shape index (κ2) is 22.7. The summed E-state index contributed by atoms with van der Waals surface area (Å²) < 4.78 is 179. The molecule has 63 heavy (non-hydrogen) atoms. The van der Waals surface area contributed by atoms with Crippen molar-refractivity contribution in [2.45, 2.75) is 24.5 Å². The molecule has 304 valence electrons. The number of benzene rings is 5. The van der Waals surface area contributed by atoms with E-state index in [1.807, 2.05) is 0 Å². The van der Waals surface area contributed by atoms with E-state index in [2.05, 4.69) is 35.2 Å². The van der Waals surface area contributed by atoms with Crippen molar-refractivity contribution in [3.63, 3.8) is 0 Å². The number of halogens is 1. The van der Waals surface area contributed by atoms with Crippen LogP contribution >= 0.6 is 11.6 Å². The molecule has 0 unspecified atom stereocenters. The van der Waals surface area contributed by atoms with Crippen LogP contribution in [0.4, 0.5) is 22.7 Å². The van der Waals surface area contributed by atoms with Crippen molar-refractivity contribution in [2.75, 3.05) is 0 Å². The Hall–Kier alpha value is -0.530. The van der Waals surface area contributed by atoms with E-state index in [-0.39, 0.29) is 148 Å². The Labute approximate surface area is 471 Å². The Morgan fingerprint density at radius 2 is 1.17 bits per heavy atom. The van der Waals surface area contributed by atoms with Crippen molar-refractivity contribution in [3.05, 3.63) is 89.3 Å². The topological polar surface area (TPSA) is 400 Å². The van der Waals surface area contributed by atoms with Gasteiger partial charge in [-0.2, -0.15) is 13.4 Å². The van der Waals surface area contributed by atoms with Crippen LogP contribution in [0, 0.1) is 0 Å². The predicted octanol–water partition coefficient (Wildman–Crippen LogP) is -13.5. The fraction of sp³-hybridized carbons (Fsp3) is 0. The standard InChI is InChI=1S/C29H20ClN7O16S5.5Na/c30-27-33-28(31-18-9-8-15-16(26(18)58(51,52)53)4-3-7-20(15)55(42,43)44)35-29(34-27)32-19-12-14(54(39,40)41)10-13-11-22(57(48,49)50)24(25(38)23(13)19)37-36-17-5-1-2-6-21(17)56(45,46)47;;;;;/h1-12,38H,(H,39,40,41)(H,42,43,44)(H,45,46,47)(H,48,49,50)(H,51,52,53)(H2,31,32,33,34,35);;;;;/q;5*+1/p-5. The van der Waals surface area contributed by atoms with Crippen LogP contribution in [-0.4, -0.2) is 79.8 Å². The van der Waals surface area contributed by atoms with E-state index in [0.29, 0.717) is 18.2 Å². The zero-order valence-electron chi connectivity index (χ0n) is 32.7. The number of nitrogens with one attached hydrogen (secondary N) is 2. The van der Waals surface area contributed by atoms with Crippen molar-refractivity contribution in [2.24, 2.45) is 20.2 Å². The van der Waals surface area contributed by atoms with E-state index in [9.17, 15) is 70.0 Å². The fourth-order valence-electron chi connectivity index (χ4n) is 5.39. The van der Waals surface area contributed by atoms with E-state index in [1.54, 1.807) is 0 Å². The molecular formula is C29H15ClN7Na5O16S5. The number of azo groups is 1. The van der Waals surface area contributed by atoms with Gasteiger partial charge in [0.2, 0.25) is 16.5 Å². The van der Waals surface area contributed by atoms with Crippen molar-refractivity contribution in [1.82, 2.24) is 15.0 Å². The van der Waals surface area contributed by atoms with Gasteiger partial charge < -0.3 is 28.3 Å². The third kappa shape index (κ3) is 14.0. The second-order valence-electron chi connectivity index (χ2n) is 11.4. The maximum atomic E-state index is 13.9. The average molecular weight is 1030 g/mol. The van der Waals surface area contributed by atoms with Crippen molar-refractivity contribution in [1.29, 1.82) is 0 Å². The second-order valence-corrected chi connectivity index (χ2v) is 18.5. The number of hydrogen-bond donors (Lipinski definition) is 3. The number of aromatic amines is 2. The summed E-state index contributed by atoms with van der Waals surface area (Å²) in [6.07, 6.45) is 0. The SMILES string of the molecule is O=S(=O)([O-])c1cc(N=c2[nH]c(Cl)nc(=Nc3ccc4c(S(=O)(=O)[O-])cccc4c3S(=O)(=O)O)[nH]2)c2c([O-])c(N=Nc3ccccc3S(=O)(=O)[O-])c(S(=O)(=O)[O-])cc2c1.[Na+].[Na+].[Na+].[Na+].[Na+]. The first-order chi connectivity index (χ1) is 26.7. The summed E-state index contributed by atoms with van der Waals surface area (Å²) >= 11 is 6.09. The smallest absolute Gasteiger partial charge is 0.870 e. The number of H-pyrrole nitrogens is 2. The Bertz CT molecular complexity index is 3540. The zero-order valence-corrected chi connectivity index (χ0v) is 47.5. The maximum absolute atomic E-state index is 13.9. The summed E-state index contributed by atoms with van der Waals surface area (Å²) in [6, 6.07) is 10.5. The van der Waals surface area contributed by atoms with Gasteiger partial charge in [-0.3, -0.25) is 9.54 Å². The number of fused-ring (bicyclic) bond motifs is 2. The molecule has 0 spiro atoms. The van der Waals surface area contributed by atoms with E-state index >= 15 is 0 Å². The molecule has 0 atom stereocenters. The van der Waals surface area contributed by atoms with Crippen LogP contribution in [0.25, 0.3) is 21.5 Å². The van der Waals surface area contributed by atoms with Crippen LogP contribution in [0.15, 0.2) is 117 Å². The van der Waals surface area contributed by atoms with Crippen molar-refractivity contribution in [3.8, 4) is 5.75 Å². The minimum Gasteiger partial charge on any atom is -0.870 e. The molecule has 34 heteroatoms. The summed E-state index contributed by atoms with van der Waals surface area (Å²) in [4.78, 5) is 11.2. The van der Waals surface area contributed by atoms with E-state index in [0.717, 1.165) is 48.5 Å². The van der Waals surface area contributed by atoms with Crippen LogP contribution < -0.4 is 164 Å². The minimum atomic E-state index is -5.69. The molecule has 0 saturated carbocycles. The van der Waals surface area contributed by atoms with Crippen LogP contribution in [0.5, 0.6) is 5.75 Å². The molecule has 0 amide bonds. The van der Waals surface area contributed by atoms with E-state index < -0.39 is 142 Å². The molecule has 1 heterocycles. The number of nitrogens with zero attached hydrogens (tertiary/aromatic N) is 5. The van der Waals surface area contributed by atoms with Crippen molar-refractivity contribution >= 4 is 106 Å². The molecule has 0 fully saturated rings. The van der Waals surface area contributed by atoms with Crippen molar-refractivity contribution < 1.29 is 218 Å². The number of aromatic nitrogens is 3. The number of rotatable bonds is 9. The molecule has 0 aliphatic carbocycles. The molecule has 0 saturated heterocycles. The summed E-state index contributed by atoms with van der Waals surface area (Å²) in [5.74, 6) is -1.51. The van der Waals surface area contributed by atoms with Gasteiger partial charge in [0.25, 0.3) is 10.1 Å². The van der Waals surface area contributed by atoms with Gasteiger partial charge in [-0.25, -0.2) is 43.7 Å². The predicted molar refractivity (Wildman–Crippen MR) is 188 cm³/mol. The molecular weight excluding hydrogens is 1010 g/mol. The molecule has 0 aliphatic rings. The molecule has 0 radical (unpaired) electrons. The first-order valence-corrected chi connectivity index (χ1v) is 22.3. The largest absolute Gasteiger partial charge is 1.00 e. The third-order valence-corrected chi connectivity index (χ3v) is 12.2. The van der Waals surface area contributed by atoms with Gasteiger partial charge in [0.15, 0.2) is 0 Å². The molecule has 1 aromatic heterocycles. The molecule has 6 rings (SSSR count). The van der Waals surface area contributed by atoms with E-state index in [4.69, 9.17) is 11.6 Å². The van der Waals surface area contributed by atoms with Crippen LogP contribution in [0.3, 0.4) is 0 Å². The minimum absolute atomic E-state index is 0. The van der Waals surface area contributed by atoms with Gasteiger partial charge in [-0.15, -0.1) is 10.2 Å². The van der Waals surface area contributed by atoms with E-state index in [1.165, 1.54) is 6.07 Å². The van der Waals surface area contributed by atoms with Crippen LogP contribution in [-0.2, 0) is 50.6 Å². The van der Waals surface area contributed by atoms with Gasteiger partial charge >= 0.3 is 148 Å². The number of hydrogen-bond acceptors (Lipinski definition) is 20. The molecule has 0 aliphatic heterocycles. The monoisotopic (exact) mass is 1030 g/mol. The van der Waals surface area contributed by atoms with Gasteiger partial charge in [0.05, 0.1) is 36.6 Å². The molecule has 6 aromatic rings. The normalized spacial score (nSPS) is 12.8. The third-order valence-electron chi connectivity index (χ3n) is 7.63. The molecule has 0 bridgehead atoms. The zero-order chi connectivity index (χ0) is 42.7. The summed E-state index contributed by atoms with van der Waals surface area (Å²) in [7, 11) is -26.7. The molecule has 3 N–H and O–H groups in total. The first-order valence-electron chi connectivity index (χ1n) is 14.9. The Morgan fingerprint density at radius 1 is 0.587 bits per heavy atom. The maximum Gasteiger partial charge on any atom is 1.00 e. The Morgan fingerprint density at radius 3 is 1.75 bits per heavy atom. The van der Waals surface area contributed by atoms with Gasteiger partial charge in [-0.05, 0) is 59.5 Å². The quantitative estimate of drug-likeness (QED) is 0.0688. The molecule has 23 nitrogen and oxygen atoms in total. The first kappa shape index (κ1) is 60.5. The summed E-state index contributed by atoms with van der Waals surface area (Å²) in [6.45, 7) is 0. The Balaban J connectivity index is 0.00000397. The summed E-state index contributed by atoms with van der Waals surface area (Å²) in [5, 5.41) is 18.0. The average Bonchev–Trinajstić information content (AvgIpc) is 3.08. The fourth-order valence-corrected chi connectivity index (χ4v) is 8.87. The van der Waals surface area contributed by atoms with Crippen LogP contribution in [0.2, 0.25) is 5.28 Å². The molecule has 5 aromatic carbocycles.